The Morgan fingerprint density at radius 2 is 2.38 bits per heavy atom. The summed E-state index contributed by atoms with van der Waals surface area (Å²) in [5.41, 5.74) is 3.19. The number of aromatic nitrogens is 1. The van der Waals surface area contributed by atoms with Gasteiger partial charge in [0, 0.05) is 35.1 Å². The van der Waals surface area contributed by atoms with Crippen molar-refractivity contribution in [2.24, 2.45) is 5.92 Å². The third-order valence-corrected chi connectivity index (χ3v) is 5.09. The minimum Gasteiger partial charge on any atom is -0.352 e. The number of carbonyl (C=O) groups excluding carboxylic acids is 1. The van der Waals surface area contributed by atoms with E-state index in [4.69, 9.17) is 0 Å². The zero-order valence-corrected chi connectivity index (χ0v) is 13.1. The minimum atomic E-state index is 0.0676. The maximum atomic E-state index is 12.3. The second kappa shape index (κ2) is 6.39. The molecule has 0 bridgehead atoms. The van der Waals surface area contributed by atoms with Gasteiger partial charge in [0.05, 0.1) is 5.56 Å². The summed E-state index contributed by atoms with van der Waals surface area (Å²) in [6, 6.07) is 5.86. The van der Waals surface area contributed by atoms with Gasteiger partial charge in [0.15, 0.2) is 0 Å². The molecule has 21 heavy (non-hydrogen) atoms. The summed E-state index contributed by atoms with van der Waals surface area (Å²) in [5.74, 6) is 0.814. The van der Waals surface area contributed by atoms with Crippen LogP contribution in [0, 0.1) is 5.92 Å². The van der Waals surface area contributed by atoms with Gasteiger partial charge in [-0.25, -0.2) is 0 Å². The highest BCUT2D eigenvalue weighted by atomic mass is 32.1. The number of hydrogen-bond donors (Lipinski definition) is 1. The average Bonchev–Trinajstić information content (AvgIpc) is 2.91. The quantitative estimate of drug-likeness (QED) is 0.942. The lowest BCUT2D eigenvalue weighted by atomic mass is 9.88. The molecule has 1 aliphatic carbocycles. The highest BCUT2D eigenvalue weighted by Crippen LogP contribution is 2.32. The van der Waals surface area contributed by atoms with Crippen LogP contribution in [0.1, 0.15) is 39.8 Å². The van der Waals surface area contributed by atoms with Crippen molar-refractivity contribution in [3.63, 3.8) is 0 Å². The van der Waals surface area contributed by atoms with Crippen LogP contribution >= 0.6 is 11.3 Å². The molecule has 0 fully saturated rings. The molecular weight excluding hydrogens is 280 g/mol. The fourth-order valence-electron chi connectivity index (χ4n) is 2.81. The molecule has 2 heterocycles. The Bertz CT molecular complexity index is 621. The van der Waals surface area contributed by atoms with Crippen molar-refractivity contribution in [3.05, 3.63) is 51.5 Å². The van der Waals surface area contributed by atoms with Crippen molar-refractivity contribution in [2.45, 2.75) is 32.6 Å². The van der Waals surface area contributed by atoms with Crippen LogP contribution in [0.2, 0.25) is 0 Å². The molecule has 3 rings (SSSR count). The maximum Gasteiger partial charge on any atom is 0.252 e. The van der Waals surface area contributed by atoms with Crippen LogP contribution < -0.4 is 5.32 Å². The largest absolute Gasteiger partial charge is 0.352 e. The van der Waals surface area contributed by atoms with Gasteiger partial charge in [-0.05, 0) is 42.9 Å². The van der Waals surface area contributed by atoms with E-state index >= 15 is 0 Å². The number of thiophene rings is 1. The number of hydrogen-bond acceptors (Lipinski definition) is 3. The first-order valence-corrected chi connectivity index (χ1v) is 8.39. The lowest BCUT2D eigenvalue weighted by Crippen LogP contribution is -2.27. The van der Waals surface area contributed by atoms with Gasteiger partial charge in [0.25, 0.3) is 5.91 Å². The van der Waals surface area contributed by atoms with Gasteiger partial charge >= 0.3 is 0 Å². The molecule has 0 spiro atoms. The molecule has 1 N–H and O–H groups in total. The smallest absolute Gasteiger partial charge is 0.252 e. The number of carbonyl (C=O) groups is 1. The number of fused-ring (bicyclic) bond motifs is 1. The third kappa shape index (κ3) is 3.32. The van der Waals surface area contributed by atoms with Gasteiger partial charge in [-0.3, -0.25) is 9.78 Å². The summed E-state index contributed by atoms with van der Waals surface area (Å²) in [6.45, 7) is 2.92. The number of nitrogens with zero attached hydrogens (tertiary/aromatic N) is 1. The number of pyridine rings is 1. The standard InChI is InChI=1S/C17H20N2OS/c1-12-5-6-14-15(11-21-16(14)10-12)17(20)19-9-7-13-4-2-3-8-18-13/h2-4,8,11-12H,5-7,9-10H2,1H3,(H,19,20). The highest BCUT2D eigenvalue weighted by molar-refractivity contribution is 7.10. The summed E-state index contributed by atoms with van der Waals surface area (Å²) in [6.07, 6.45) is 5.92. The second-order valence-corrected chi connectivity index (χ2v) is 6.69. The third-order valence-electron chi connectivity index (χ3n) is 4.04. The topological polar surface area (TPSA) is 42.0 Å². The van der Waals surface area contributed by atoms with Crippen LogP contribution in [0.5, 0.6) is 0 Å². The van der Waals surface area contributed by atoms with Crippen LogP contribution in [0.25, 0.3) is 0 Å². The van der Waals surface area contributed by atoms with Crippen LogP contribution in [0.15, 0.2) is 29.8 Å². The van der Waals surface area contributed by atoms with Crippen molar-refractivity contribution >= 4 is 17.2 Å². The Morgan fingerprint density at radius 1 is 1.48 bits per heavy atom. The normalized spacial score (nSPS) is 17.3. The molecule has 1 atom stereocenters. The first-order valence-electron chi connectivity index (χ1n) is 7.51. The van der Waals surface area contributed by atoms with E-state index < -0.39 is 0 Å². The predicted octanol–water partition coefficient (Wildman–Crippen LogP) is 3.24. The van der Waals surface area contributed by atoms with Crippen LogP contribution in [0.4, 0.5) is 0 Å². The van der Waals surface area contributed by atoms with E-state index in [0.29, 0.717) is 6.54 Å². The SMILES string of the molecule is CC1CCc2c(C(=O)NCCc3ccccn3)csc2C1. The molecular formula is C17H20N2OS. The lowest BCUT2D eigenvalue weighted by Gasteiger charge is -2.18. The van der Waals surface area contributed by atoms with E-state index in [-0.39, 0.29) is 5.91 Å². The van der Waals surface area contributed by atoms with E-state index in [0.717, 1.165) is 36.4 Å². The van der Waals surface area contributed by atoms with Gasteiger partial charge in [-0.1, -0.05) is 13.0 Å². The summed E-state index contributed by atoms with van der Waals surface area (Å²) in [5, 5.41) is 5.05. The van der Waals surface area contributed by atoms with Crippen molar-refractivity contribution in [1.82, 2.24) is 10.3 Å². The minimum absolute atomic E-state index is 0.0676. The molecule has 0 radical (unpaired) electrons. The van der Waals surface area contributed by atoms with E-state index in [1.54, 1.807) is 17.5 Å². The Balaban J connectivity index is 1.59. The van der Waals surface area contributed by atoms with Crippen molar-refractivity contribution in [2.75, 3.05) is 6.54 Å². The molecule has 0 saturated heterocycles. The summed E-state index contributed by atoms with van der Waals surface area (Å²) in [4.78, 5) is 18.0. The molecule has 0 saturated carbocycles. The maximum absolute atomic E-state index is 12.3. The molecule has 1 unspecified atom stereocenters. The summed E-state index contributed by atoms with van der Waals surface area (Å²) in [7, 11) is 0. The Labute approximate surface area is 129 Å². The van der Waals surface area contributed by atoms with E-state index in [1.807, 2.05) is 23.6 Å². The van der Waals surface area contributed by atoms with Gasteiger partial charge in [-0.2, -0.15) is 0 Å². The molecule has 1 amide bonds. The molecule has 4 heteroatoms. The first-order chi connectivity index (χ1) is 10.2. The van der Waals surface area contributed by atoms with Gasteiger partial charge < -0.3 is 5.32 Å². The second-order valence-electron chi connectivity index (χ2n) is 5.73. The Morgan fingerprint density at radius 3 is 3.19 bits per heavy atom. The monoisotopic (exact) mass is 300 g/mol. The molecule has 0 aromatic carbocycles. The van der Waals surface area contributed by atoms with Crippen molar-refractivity contribution in [3.8, 4) is 0 Å². The van der Waals surface area contributed by atoms with E-state index in [2.05, 4.69) is 17.2 Å². The zero-order chi connectivity index (χ0) is 14.7. The first kappa shape index (κ1) is 14.3. The highest BCUT2D eigenvalue weighted by Gasteiger charge is 2.22. The number of rotatable bonds is 4. The van der Waals surface area contributed by atoms with Crippen LogP contribution in [-0.2, 0) is 19.3 Å². The van der Waals surface area contributed by atoms with Gasteiger partial charge in [0.2, 0.25) is 0 Å². The van der Waals surface area contributed by atoms with Crippen molar-refractivity contribution in [1.29, 1.82) is 0 Å². The van der Waals surface area contributed by atoms with E-state index in [1.165, 1.54) is 16.9 Å². The van der Waals surface area contributed by atoms with Crippen LogP contribution in [0.3, 0.4) is 0 Å². The van der Waals surface area contributed by atoms with Crippen LogP contribution in [-0.4, -0.2) is 17.4 Å². The number of amides is 1. The van der Waals surface area contributed by atoms with E-state index in [9.17, 15) is 4.79 Å². The zero-order valence-electron chi connectivity index (χ0n) is 12.3. The lowest BCUT2D eigenvalue weighted by molar-refractivity contribution is 0.0953. The molecule has 110 valence electrons. The summed E-state index contributed by atoms with van der Waals surface area (Å²) >= 11 is 1.74. The average molecular weight is 300 g/mol. The Hall–Kier alpha value is -1.68. The fourth-order valence-corrected chi connectivity index (χ4v) is 4.06. The molecule has 2 aromatic rings. The van der Waals surface area contributed by atoms with Gasteiger partial charge in [0.1, 0.15) is 0 Å². The van der Waals surface area contributed by atoms with Gasteiger partial charge in [-0.15, -0.1) is 11.3 Å². The van der Waals surface area contributed by atoms with Crippen molar-refractivity contribution < 1.29 is 4.79 Å². The fraction of sp³-hybridized carbons (Fsp3) is 0.412. The summed E-state index contributed by atoms with van der Waals surface area (Å²) < 4.78 is 0. The molecule has 1 aliphatic rings. The number of nitrogens with one attached hydrogen (secondary N) is 1. The molecule has 2 aromatic heterocycles. The molecule has 0 aliphatic heterocycles. The Kier molecular flexibility index (Phi) is 4.34. The predicted molar refractivity (Wildman–Crippen MR) is 85.8 cm³/mol. The molecule has 3 nitrogen and oxygen atoms in total.